The molecule has 3 aliphatic heterocycles. The number of aryl methyl sites for hydroxylation is 2. The Labute approximate surface area is 198 Å². The summed E-state index contributed by atoms with van der Waals surface area (Å²) in [5.74, 6) is 0.779. The molecule has 0 aliphatic carbocycles. The normalized spacial score (nSPS) is 17.7. The van der Waals surface area contributed by atoms with E-state index in [2.05, 4.69) is 15.6 Å². The van der Waals surface area contributed by atoms with Gasteiger partial charge in [0, 0.05) is 75.4 Å². The maximum absolute atomic E-state index is 14.2. The van der Waals surface area contributed by atoms with Gasteiger partial charge in [-0.15, -0.1) is 0 Å². The minimum Gasteiger partial charge on any atom is -0.341 e. The first-order valence-electron chi connectivity index (χ1n) is 11.9. The largest absolute Gasteiger partial charge is 0.341 e. The monoisotopic (exact) mass is 471 g/mol. The van der Waals surface area contributed by atoms with Crippen LogP contribution in [0.5, 0.6) is 0 Å². The van der Waals surface area contributed by atoms with Crippen molar-refractivity contribution < 1.29 is 13.6 Å². The van der Waals surface area contributed by atoms with Gasteiger partial charge in [-0.3, -0.25) is 4.68 Å². The fourth-order valence-electron chi connectivity index (χ4n) is 5.31. The van der Waals surface area contributed by atoms with Gasteiger partial charge in [0.05, 0.1) is 6.54 Å². The first kappa shape index (κ1) is 22.6. The molecule has 0 fully saturated rings. The van der Waals surface area contributed by atoms with Crippen molar-refractivity contribution in [2.24, 2.45) is 0 Å². The number of alkyl halides is 2. The Balaban J connectivity index is 1.60. The molecule has 10 heteroatoms. The van der Waals surface area contributed by atoms with E-state index in [1.165, 1.54) is 0 Å². The van der Waals surface area contributed by atoms with E-state index in [9.17, 15) is 13.6 Å². The van der Waals surface area contributed by atoms with Gasteiger partial charge in [0.15, 0.2) is 5.82 Å². The number of benzene rings is 1. The first-order chi connectivity index (χ1) is 16.4. The topological polar surface area (TPSA) is 68.7 Å². The van der Waals surface area contributed by atoms with Crippen LogP contribution in [0.3, 0.4) is 0 Å². The number of carbonyl (C=O) groups is 1. The Morgan fingerprint density at radius 2 is 2.09 bits per heavy atom. The number of nitrogens with zero attached hydrogens (tertiary/aromatic N) is 5. The molecule has 0 unspecified atom stereocenters. The summed E-state index contributed by atoms with van der Waals surface area (Å²) in [4.78, 5) is 16.2. The van der Waals surface area contributed by atoms with E-state index in [-0.39, 0.29) is 11.6 Å². The van der Waals surface area contributed by atoms with Crippen LogP contribution in [0, 0.1) is 0 Å². The summed E-state index contributed by atoms with van der Waals surface area (Å²) in [6.45, 7) is 5.09. The Hall–Kier alpha value is -3.14. The predicted octanol–water partition coefficient (Wildman–Crippen LogP) is 3.41. The zero-order valence-electron chi connectivity index (χ0n) is 19.9. The molecule has 3 aliphatic rings. The maximum Gasteiger partial charge on any atom is 0.317 e. The minimum atomic E-state index is -2.58. The second-order valence-electron chi connectivity index (χ2n) is 9.02. The molecule has 2 N–H and O–H groups in total. The highest BCUT2D eigenvalue weighted by molar-refractivity contribution is 5.78. The fraction of sp³-hybridized carbons (Fsp3) is 0.500. The quantitative estimate of drug-likeness (QED) is 0.715. The lowest BCUT2D eigenvalue weighted by Crippen LogP contribution is -2.41. The van der Waals surface area contributed by atoms with Gasteiger partial charge in [-0.25, -0.2) is 19.0 Å². The van der Waals surface area contributed by atoms with Crippen LogP contribution in [0.1, 0.15) is 47.7 Å². The molecule has 0 spiro atoms. The lowest BCUT2D eigenvalue weighted by Gasteiger charge is -2.33. The Morgan fingerprint density at radius 3 is 2.76 bits per heavy atom. The van der Waals surface area contributed by atoms with E-state index in [0.717, 1.165) is 59.7 Å². The molecule has 1 aromatic carbocycles. The number of amides is 2. The SMILES string of the molecule is CCn1nc(N2CCCc3cc(C4=CN(C)NC4)c(C(F)F)cc32)c2c1CCN(C(=O)NC)C2. The molecule has 0 bridgehead atoms. The summed E-state index contributed by atoms with van der Waals surface area (Å²) in [6.07, 6.45) is 1.76. The molecule has 0 saturated heterocycles. The van der Waals surface area contributed by atoms with Crippen LogP contribution in [-0.2, 0) is 25.9 Å². The maximum atomic E-state index is 14.2. The van der Waals surface area contributed by atoms with Crippen LogP contribution in [0.2, 0.25) is 0 Å². The number of urea groups is 1. The van der Waals surface area contributed by atoms with Gasteiger partial charge >= 0.3 is 6.03 Å². The van der Waals surface area contributed by atoms with Crippen molar-refractivity contribution in [1.82, 2.24) is 30.4 Å². The van der Waals surface area contributed by atoms with E-state index in [4.69, 9.17) is 5.10 Å². The number of hydrogen-bond acceptors (Lipinski definition) is 5. The number of fused-ring (bicyclic) bond motifs is 2. The summed E-state index contributed by atoms with van der Waals surface area (Å²) >= 11 is 0. The highest BCUT2D eigenvalue weighted by Gasteiger charge is 2.32. The molecule has 1 aromatic heterocycles. The lowest BCUT2D eigenvalue weighted by atomic mass is 9.92. The summed E-state index contributed by atoms with van der Waals surface area (Å²) in [7, 11) is 3.50. The van der Waals surface area contributed by atoms with Crippen molar-refractivity contribution >= 4 is 23.1 Å². The Morgan fingerprint density at radius 1 is 1.26 bits per heavy atom. The van der Waals surface area contributed by atoms with Gasteiger partial charge in [-0.1, -0.05) is 0 Å². The third-order valence-electron chi connectivity index (χ3n) is 6.99. The van der Waals surface area contributed by atoms with Crippen molar-refractivity contribution in [3.8, 4) is 0 Å². The number of hydrazine groups is 1. The van der Waals surface area contributed by atoms with Gasteiger partial charge in [0.25, 0.3) is 6.43 Å². The molecule has 5 rings (SSSR count). The predicted molar refractivity (Wildman–Crippen MR) is 127 cm³/mol. The van der Waals surface area contributed by atoms with E-state index >= 15 is 0 Å². The van der Waals surface area contributed by atoms with Crippen LogP contribution >= 0.6 is 0 Å². The van der Waals surface area contributed by atoms with Crippen LogP contribution in [0.4, 0.5) is 25.1 Å². The third kappa shape index (κ3) is 3.79. The fourth-order valence-corrected chi connectivity index (χ4v) is 5.31. The third-order valence-corrected chi connectivity index (χ3v) is 6.99. The number of anilines is 2. The summed E-state index contributed by atoms with van der Waals surface area (Å²) in [5.41, 5.74) is 8.66. The van der Waals surface area contributed by atoms with E-state index in [1.807, 2.05) is 30.9 Å². The van der Waals surface area contributed by atoms with Gasteiger partial charge in [-0.2, -0.15) is 5.10 Å². The molecular weight excluding hydrogens is 440 g/mol. The zero-order valence-corrected chi connectivity index (χ0v) is 19.9. The van der Waals surface area contributed by atoms with Crippen LogP contribution in [0.15, 0.2) is 18.3 Å². The molecule has 2 aromatic rings. The van der Waals surface area contributed by atoms with Crippen LogP contribution < -0.4 is 15.6 Å². The zero-order chi connectivity index (χ0) is 24.0. The van der Waals surface area contributed by atoms with Crippen molar-refractivity contribution in [3.05, 3.63) is 46.3 Å². The molecule has 2 amide bonds. The van der Waals surface area contributed by atoms with Crippen molar-refractivity contribution in [2.45, 2.75) is 45.7 Å². The van der Waals surface area contributed by atoms with Gasteiger partial charge in [0.2, 0.25) is 0 Å². The number of rotatable bonds is 4. The van der Waals surface area contributed by atoms with Crippen molar-refractivity contribution in [1.29, 1.82) is 0 Å². The molecule has 8 nitrogen and oxygen atoms in total. The minimum absolute atomic E-state index is 0.0461. The lowest BCUT2D eigenvalue weighted by molar-refractivity contribution is 0.151. The van der Waals surface area contributed by atoms with Gasteiger partial charge < -0.3 is 20.1 Å². The smallest absolute Gasteiger partial charge is 0.317 e. The van der Waals surface area contributed by atoms with Gasteiger partial charge in [-0.05, 0) is 48.6 Å². The average molecular weight is 472 g/mol. The second kappa shape index (κ2) is 8.90. The highest BCUT2D eigenvalue weighted by atomic mass is 19.3. The number of aromatic nitrogens is 2. The van der Waals surface area contributed by atoms with Crippen molar-refractivity contribution in [3.63, 3.8) is 0 Å². The van der Waals surface area contributed by atoms with E-state index in [0.29, 0.717) is 31.7 Å². The number of carbonyl (C=O) groups excluding carboxylic acids is 1. The Bertz CT molecular complexity index is 1140. The molecular formula is C24H31F2N7O. The van der Waals surface area contributed by atoms with E-state index < -0.39 is 6.43 Å². The number of hydrogen-bond donors (Lipinski definition) is 2. The second-order valence-corrected chi connectivity index (χ2v) is 9.02. The van der Waals surface area contributed by atoms with Crippen LogP contribution in [0.25, 0.3) is 5.57 Å². The van der Waals surface area contributed by atoms with Crippen molar-refractivity contribution in [2.75, 3.05) is 38.6 Å². The summed E-state index contributed by atoms with van der Waals surface area (Å²) < 4.78 is 30.5. The number of nitrogens with one attached hydrogen (secondary N) is 2. The summed E-state index contributed by atoms with van der Waals surface area (Å²) in [6, 6.07) is 3.48. The molecule has 0 saturated carbocycles. The highest BCUT2D eigenvalue weighted by Crippen LogP contribution is 2.42. The first-order valence-corrected chi connectivity index (χ1v) is 11.9. The van der Waals surface area contributed by atoms with Gasteiger partial charge in [0.1, 0.15) is 0 Å². The molecule has 0 atom stereocenters. The standard InChI is InChI=1S/C24H31F2N7O/c1-4-33-20-7-9-31(24(34)27-2)14-19(20)23(29-33)32-8-5-6-15-10-17(16-12-28-30(3)13-16)18(22(25)26)11-21(15)32/h10-11,13,22,28H,4-9,12,14H2,1-3H3,(H,27,34). The Kier molecular flexibility index (Phi) is 5.93. The molecule has 4 heterocycles. The molecule has 34 heavy (non-hydrogen) atoms. The molecule has 182 valence electrons. The van der Waals surface area contributed by atoms with Crippen LogP contribution in [-0.4, -0.2) is 59.5 Å². The average Bonchev–Trinajstić information content (AvgIpc) is 3.45. The molecule has 0 radical (unpaired) electrons. The summed E-state index contributed by atoms with van der Waals surface area (Å²) in [5, 5.41) is 9.42. The number of halogens is 2. The van der Waals surface area contributed by atoms with E-state index in [1.54, 1.807) is 23.0 Å².